The molecule has 0 N–H and O–H groups in total. The van der Waals surface area contributed by atoms with Crippen LogP contribution in [0.5, 0.6) is 0 Å². The van der Waals surface area contributed by atoms with Crippen LogP contribution >= 0.6 is 11.8 Å². The Kier molecular flexibility index (Phi) is 3.80. The molecule has 0 radical (unpaired) electrons. The summed E-state index contributed by atoms with van der Waals surface area (Å²) in [6.45, 7) is 3.99. The monoisotopic (exact) mass is 296 g/mol. The molecule has 0 unspecified atom stereocenters. The fourth-order valence-electron chi connectivity index (χ4n) is 2.30. The van der Waals surface area contributed by atoms with Crippen molar-refractivity contribution in [3.63, 3.8) is 0 Å². The second kappa shape index (κ2) is 5.74. The van der Waals surface area contributed by atoms with Gasteiger partial charge in [0, 0.05) is 22.4 Å². The second-order valence-electron chi connectivity index (χ2n) is 5.05. The highest BCUT2D eigenvalue weighted by Crippen LogP contribution is 2.22. The van der Waals surface area contributed by atoms with Gasteiger partial charge < -0.3 is 0 Å². The van der Waals surface area contributed by atoms with Crippen molar-refractivity contribution in [2.45, 2.75) is 24.5 Å². The Balaban J connectivity index is 1.90. The highest BCUT2D eigenvalue weighted by molar-refractivity contribution is 7.98. The first-order valence-corrected chi connectivity index (χ1v) is 7.80. The summed E-state index contributed by atoms with van der Waals surface area (Å²) in [4.78, 5) is 18.0. The van der Waals surface area contributed by atoms with Gasteiger partial charge >= 0.3 is 0 Å². The summed E-state index contributed by atoms with van der Waals surface area (Å²) >= 11 is 1.70. The minimum Gasteiger partial charge on any atom is -0.269 e. The van der Waals surface area contributed by atoms with Crippen molar-refractivity contribution in [1.82, 2.24) is 9.38 Å². The van der Waals surface area contributed by atoms with E-state index in [9.17, 15) is 4.79 Å². The molecule has 0 saturated carbocycles. The Morgan fingerprint density at radius 2 is 1.90 bits per heavy atom. The molecule has 4 heteroatoms. The van der Waals surface area contributed by atoms with E-state index < -0.39 is 0 Å². The molecule has 0 atom stereocenters. The summed E-state index contributed by atoms with van der Waals surface area (Å²) in [6, 6.07) is 15.7. The van der Waals surface area contributed by atoms with Gasteiger partial charge in [-0.3, -0.25) is 9.20 Å². The quantitative estimate of drug-likeness (QED) is 0.693. The summed E-state index contributed by atoms with van der Waals surface area (Å²) < 4.78 is 1.64. The maximum atomic E-state index is 12.2. The van der Waals surface area contributed by atoms with Gasteiger partial charge in [-0.25, -0.2) is 4.98 Å². The Hall–Kier alpha value is -2.07. The highest BCUT2D eigenvalue weighted by Gasteiger charge is 2.05. The summed E-state index contributed by atoms with van der Waals surface area (Å²) in [5.74, 6) is 0.698. The number of hydrogen-bond acceptors (Lipinski definition) is 3. The molecular weight excluding hydrogens is 280 g/mol. The number of benzene rings is 1. The topological polar surface area (TPSA) is 34.4 Å². The first-order chi connectivity index (χ1) is 10.1. The molecular formula is C17H16N2OS. The van der Waals surface area contributed by atoms with Crippen LogP contribution in [0.4, 0.5) is 0 Å². The number of hydrogen-bond donors (Lipinski definition) is 0. The second-order valence-corrected chi connectivity index (χ2v) is 6.10. The molecule has 3 rings (SSSR count). The minimum atomic E-state index is -0.0158. The van der Waals surface area contributed by atoms with Gasteiger partial charge in [0.25, 0.3) is 5.56 Å². The van der Waals surface area contributed by atoms with E-state index in [1.54, 1.807) is 22.2 Å². The van der Waals surface area contributed by atoms with E-state index in [0.29, 0.717) is 11.4 Å². The van der Waals surface area contributed by atoms with Crippen LogP contribution in [0.3, 0.4) is 0 Å². The molecule has 0 spiro atoms. The van der Waals surface area contributed by atoms with Crippen LogP contribution in [0.2, 0.25) is 0 Å². The van der Waals surface area contributed by atoms with E-state index in [0.717, 1.165) is 11.4 Å². The third-order valence-electron chi connectivity index (χ3n) is 3.31. The van der Waals surface area contributed by atoms with Gasteiger partial charge in [0.05, 0.1) is 5.69 Å². The van der Waals surface area contributed by atoms with Crippen molar-refractivity contribution in [2.24, 2.45) is 0 Å². The smallest absolute Gasteiger partial charge is 0.258 e. The van der Waals surface area contributed by atoms with Gasteiger partial charge in [-0.05, 0) is 38.1 Å². The zero-order chi connectivity index (χ0) is 14.8. The van der Waals surface area contributed by atoms with Gasteiger partial charge in [0.2, 0.25) is 0 Å². The van der Waals surface area contributed by atoms with Crippen LogP contribution < -0.4 is 5.56 Å². The lowest BCUT2D eigenvalue weighted by molar-refractivity contribution is 0.968. The first-order valence-electron chi connectivity index (χ1n) is 6.81. The average molecular weight is 296 g/mol. The molecule has 0 aliphatic rings. The van der Waals surface area contributed by atoms with Gasteiger partial charge in [-0.2, -0.15) is 0 Å². The number of aromatic nitrogens is 2. The molecule has 1 aromatic carbocycles. The van der Waals surface area contributed by atoms with Crippen LogP contribution in [0.25, 0.3) is 5.65 Å². The molecule has 0 fully saturated rings. The van der Waals surface area contributed by atoms with Crippen molar-refractivity contribution in [3.8, 4) is 0 Å². The average Bonchev–Trinajstić information content (AvgIpc) is 2.45. The predicted octanol–water partition coefficient (Wildman–Crippen LogP) is 3.60. The fraction of sp³-hybridized carbons (Fsp3) is 0.176. The molecule has 0 saturated heterocycles. The molecule has 2 aromatic heterocycles. The zero-order valence-electron chi connectivity index (χ0n) is 12.0. The Bertz CT molecular complexity index is 855. The van der Waals surface area contributed by atoms with Crippen LogP contribution in [-0.2, 0) is 5.75 Å². The largest absolute Gasteiger partial charge is 0.269 e. The van der Waals surface area contributed by atoms with Crippen LogP contribution in [0, 0.1) is 13.8 Å². The molecule has 3 nitrogen and oxygen atoms in total. The molecule has 0 aliphatic carbocycles. The first kappa shape index (κ1) is 13.9. The molecule has 3 aromatic rings. The lowest BCUT2D eigenvalue weighted by atomic mass is 10.2. The third-order valence-corrected chi connectivity index (χ3v) is 4.34. The van der Waals surface area contributed by atoms with E-state index in [1.165, 1.54) is 10.5 Å². The number of pyridine rings is 1. The van der Waals surface area contributed by atoms with Crippen molar-refractivity contribution < 1.29 is 0 Å². The molecule has 0 bridgehead atoms. The van der Waals surface area contributed by atoms with E-state index in [2.05, 4.69) is 30.1 Å². The van der Waals surface area contributed by atoms with Crippen molar-refractivity contribution in [2.75, 3.05) is 0 Å². The number of thioether (sulfide) groups is 1. The summed E-state index contributed by atoms with van der Waals surface area (Å²) in [5, 5.41) is 0. The summed E-state index contributed by atoms with van der Waals surface area (Å²) in [5.41, 5.74) is 3.66. The maximum absolute atomic E-state index is 12.2. The highest BCUT2D eigenvalue weighted by atomic mass is 32.2. The lowest BCUT2D eigenvalue weighted by Crippen LogP contribution is -2.17. The summed E-state index contributed by atoms with van der Waals surface area (Å²) in [6.07, 6.45) is 0. The Labute approximate surface area is 127 Å². The van der Waals surface area contributed by atoms with Crippen molar-refractivity contribution in [1.29, 1.82) is 0 Å². The number of fused-ring (bicyclic) bond motifs is 1. The van der Waals surface area contributed by atoms with Crippen molar-refractivity contribution >= 4 is 17.4 Å². The number of rotatable bonds is 3. The molecule has 21 heavy (non-hydrogen) atoms. The van der Waals surface area contributed by atoms with E-state index in [1.807, 2.05) is 31.2 Å². The van der Waals surface area contributed by atoms with Gasteiger partial charge in [-0.1, -0.05) is 23.8 Å². The minimum absolute atomic E-state index is 0.0158. The van der Waals surface area contributed by atoms with Crippen LogP contribution in [0.1, 0.15) is 17.0 Å². The van der Waals surface area contributed by atoms with Gasteiger partial charge in [0.1, 0.15) is 5.65 Å². The third kappa shape index (κ3) is 3.00. The maximum Gasteiger partial charge on any atom is 0.258 e. The normalized spacial score (nSPS) is 11.0. The van der Waals surface area contributed by atoms with E-state index in [4.69, 9.17) is 0 Å². The Morgan fingerprint density at radius 1 is 1.10 bits per heavy atom. The molecule has 2 heterocycles. The van der Waals surface area contributed by atoms with Crippen LogP contribution in [0.15, 0.2) is 58.2 Å². The molecule has 0 amide bonds. The molecule has 106 valence electrons. The van der Waals surface area contributed by atoms with Crippen molar-refractivity contribution in [3.05, 3.63) is 75.8 Å². The lowest BCUT2D eigenvalue weighted by Gasteiger charge is -2.06. The zero-order valence-corrected chi connectivity index (χ0v) is 12.9. The van der Waals surface area contributed by atoms with Crippen LogP contribution in [-0.4, -0.2) is 9.38 Å². The summed E-state index contributed by atoms with van der Waals surface area (Å²) in [7, 11) is 0. The van der Waals surface area contributed by atoms with E-state index in [-0.39, 0.29) is 5.56 Å². The van der Waals surface area contributed by atoms with Gasteiger partial charge in [-0.15, -0.1) is 11.8 Å². The SMILES string of the molecule is Cc1cccc(SCc2cc(=O)n3c(C)cccc3n2)c1. The molecule has 0 aliphatic heterocycles. The number of nitrogens with zero attached hydrogens (tertiary/aromatic N) is 2. The number of aryl methyl sites for hydroxylation is 2. The Morgan fingerprint density at radius 3 is 2.71 bits per heavy atom. The van der Waals surface area contributed by atoms with E-state index >= 15 is 0 Å². The fourth-order valence-corrected chi connectivity index (χ4v) is 3.21. The van der Waals surface area contributed by atoms with Gasteiger partial charge in [0.15, 0.2) is 0 Å². The predicted molar refractivity (Wildman–Crippen MR) is 86.9 cm³/mol. The standard InChI is InChI=1S/C17H16N2OS/c1-12-5-3-7-15(9-12)21-11-14-10-17(20)19-13(2)6-4-8-16(19)18-14/h3-10H,11H2,1-2H3.